The van der Waals surface area contributed by atoms with Crippen LogP contribution in [-0.2, 0) is 56.2 Å². The summed E-state index contributed by atoms with van der Waals surface area (Å²) in [5, 5.41) is 17.3. The Labute approximate surface area is 219 Å². The molecule has 212 valence electrons. The van der Waals surface area contributed by atoms with Crippen molar-refractivity contribution < 1.29 is 52.4 Å². The van der Waals surface area contributed by atoms with Gasteiger partial charge in [-0.25, -0.2) is 0 Å². The van der Waals surface area contributed by atoms with Gasteiger partial charge in [-0.2, -0.15) is 0 Å². The highest BCUT2D eigenvalue weighted by Gasteiger charge is 2.46. The van der Waals surface area contributed by atoms with Crippen molar-refractivity contribution in [3.05, 3.63) is 0 Å². The van der Waals surface area contributed by atoms with Gasteiger partial charge in [0.25, 0.3) is 0 Å². The van der Waals surface area contributed by atoms with Gasteiger partial charge in [0.15, 0.2) is 0 Å². The molecule has 36 heavy (non-hydrogen) atoms. The molecular formula is C17H36N4O11P2S2. The fraction of sp³-hybridized carbons (Fsp3) is 0.882. The van der Waals surface area contributed by atoms with Crippen LogP contribution in [0.1, 0.15) is 13.8 Å². The molecule has 3 unspecified atom stereocenters. The molecule has 1 aliphatic heterocycles. The van der Waals surface area contributed by atoms with Crippen LogP contribution in [0.4, 0.5) is 0 Å². The van der Waals surface area contributed by atoms with Crippen LogP contribution in [0.3, 0.4) is 0 Å². The smallest absolute Gasteiger partial charge is 0.324 e. The molecule has 15 nitrogen and oxygen atoms in total. The van der Waals surface area contributed by atoms with E-state index in [1.165, 1.54) is 14.0 Å². The first-order chi connectivity index (χ1) is 16.7. The SMILES string of the molecule is COC1[C@H](C)O[C@H](COP(O)(=S)OC(C)[C@@H](CO)NC(=O)CNC(=O)CNCCN)[C@@H]1OP(O)(O)=S. The zero-order chi connectivity index (χ0) is 27.5. The first-order valence-electron chi connectivity index (χ1n) is 10.9. The normalized spacial score (nSPS) is 25.7. The lowest BCUT2D eigenvalue weighted by atomic mass is 10.1. The predicted octanol–water partition coefficient (Wildman–Crippen LogP) is -2.84. The van der Waals surface area contributed by atoms with Crippen LogP contribution < -0.4 is 21.7 Å². The number of amides is 2. The van der Waals surface area contributed by atoms with Gasteiger partial charge in [0.2, 0.25) is 11.8 Å². The maximum atomic E-state index is 12.1. The van der Waals surface area contributed by atoms with E-state index in [2.05, 4.69) is 27.8 Å². The molecule has 2 amide bonds. The standard InChI is InChI=1S/C17H36N4O11P2S2/c1-10(12(8-22)21-15(24)7-20-14(23)6-19-5-4-18)31-34(27,36)29-9-13-17(32-33(25,26)35)16(28-3)11(2)30-13/h10-13,16-17,19,22H,4-9,18H2,1-3H3,(H,20,23)(H,21,24)(H,27,36)(H2,25,26,35)/t10?,11-,12+,13+,16?,17-,34?/m0/s1. The number of aliphatic hydroxyl groups is 1. The third-order valence-corrected chi connectivity index (χ3v) is 7.36. The number of nitrogens with two attached hydrogens (primary N) is 1. The van der Waals surface area contributed by atoms with E-state index in [-0.39, 0.29) is 19.7 Å². The van der Waals surface area contributed by atoms with E-state index < -0.39 is 68.4 Å². The summed E-state index contributed by atoms with van der Waals surface area (Å²) >= 11 is 9.55. The van der Waals surface area contributed by atoms with E-state index >= 15 is 0 Å². The fourth-order valence-electron chi connectivity index (χ4n) is 3.25. The number of nitrogens with one attached hydrogen (secondary N) is 3. The second-order valence-corrected chi connectivity index (χ2v) is 13.2. The summed E-state index contributed by atoms with van der Waals surface area (Å²) in [5.41, 5.74) is 5.31. The van der Waals surface area contributed by atoms with Crippen molar-refractivity contribution in [2.75, 3.05) is 46.5 Å². The quantitative estimate of drug-likeness (QED) is 0.0624. The highest BCUT2D eigenvalue weighted by molar-refractivity contribution is 8.07. The van der Waals surface area contributed by atoms with E-state index in [4.69, 9.17) is 40.6 Å². The highest BCUT2D eigenvalue weighted by Crippen LogP contribution is 2.47. The molecular weight excluding hydrogens is 562 g/mol. The first-order valence-corrected chi connectivity index (χ1v) is 16.1. The van der Waals surface area contributed by atoms with Gasteiger partial charge in [-0.1, -0.05) is 0 Å². The Morgan fingerprint density at radius 2 is 1.83 bits per heavy atom. The number of methoxy groups -OCH3 is 1. The van der Waals surface area contributed by atoms with Crippen LogP contribution in [0.2, 0.25) is 0 Å². The molecule has 1 saturated heterocycles. The number of carbonyl (C=O) groups is 2. The van der Waals surface area contributed by atoms with E-state index in [0.29, 0.717) is 13.1 Å². The van der Waals surface area contributed by atoms with Crippen molar-refractivity contribution in [2.24, 2.45) is 5.73 Å². The van der Waals surface area contributed by atoms with Gasteiger partial charge in [-0.05, 0) is 37.5 Å². The van der Waals surface area contributed by atoms with Gasteiger partial charge >= 0.3 is 13.4 Å². The number of hydrogen-bond donors (Lipinski definition) is 8. The third kappa shape index (κ3) is 12.6. The van der Waals surface area contributed by atoms with Crippen molar-refractivity contribution in [1.29, 1.82) is 0 Å². The molecule has 1 heterocycles. The number of aliphatic hydroxyl groups excluding tert-OH is 1. The molecule has 1 aliphatic rings. The van der Waals surface area contributed by atoms with Crippen LogP contribution in [0, 0.1) is 0 Å². The van der Waals surface area contributed by atoms with Crippen LogP contribution in [-0.4, -0.2) is 115 Å². The predicted molar refractivity (Wildman–Crippen MR) is 136 cm³/mol. The Morgan fingerprint density at radius 1 is 1.17 bits per heavy atom. The van der Waals surface area contributed by atoms with Crippen LogP contribution in [0.25, 0.3) is 0 Å². The minimum atomic E-state index is -4.06. The van der Waals surface area contributed by atoms with Gasteiger partial charge in [0, 0.05) is 20.2 Å². The van der Waals surface area contributed by atoms with Gasteiger partial charge in [0.1, 0.15) is 18.3 Å². The second-order valence-electron chi connectivity index (χ2n) is 7.81. The largest absolute Gasteiger partial charge is 0.394 e. The van der Waals surface area contributed by atoms with Gasteiger partial charge in [0.05, 0.1) is 44.6 Å². The molecule has 0 aliphatic carbocycles. The zero-order valence-corrected chi connectivity index (χ0v) is 23.6. The average Bonchev–Trinajstić information content (AvgIpc) is 3.06. The maximum Gasteiger partial charge on any atom is 0.324 e. The maximum absolute atomic E-state index is 12.1. The van der Waals surface area contributed by atoms with Gasteiger partial charge in [-0.3, -0.25) is 14.1 Å². The Balaban J connectivity index is 2.61. The number of carbonyl (C=O) groups excluding carboxylic acids is 2. The molecule has 0 spiro atoms. The molecule has 0 aromatic rings. The van der Waals surface area contributed by atoms with E-state index in [9.17, 15) is 29.4 Å². The molecule has 19 heteroatoms. The zero-order valence-electron chi connectivity index (χ0n) is 20.1. The summed E-state index contributed by atoms with van der Waals surface area (Å²) in [6.07, 6.45) is -4.13. The summed E-state index contributed by atoms with van der Waals surface area (Å²) in [4.78, 5) is 53.4. The average molecular weight is 599 g/mol. The summed E-state index contributed by atoms with van der Waals surface area (Å²) < 4.78 is 26.8. The lowest BCUT2D eigenvalue weighted by Gasteiger charge is -2.28. The fourth-order valence-corrected chi connectivity index (χ4v) is 5.68. The van der Waals surface area contributed by atoms with Gasteiger partial charge in [-0.15, -0.1) is 0 Å². The first kappa shape index (κ1) is 33.8. The van der Waals surface area contributed by atoms with Crippen molar-refractivity contribution in [1.82, 2.24) is 16.0 Å². The van der Waals surface area contributed by atoms with Crippen molar-refractivity contribution in [2.45, 2.75) is 50.4 Å². The van der Waals surface area contributed by atoms with Crippen LogP contribution in [0.5, 0.6) is 0 Å². The topological polar surface area (TPSA) is 223 Å². The monoisotopic (exact) mass is 598 g/mol. The lowest BCUT2D eigenvalue weighted by molar-refractivity contribution is -0.126. The number of hydrogen-bond acceptors (Lipinski definition) is 12. The summed E-state index contributed by atoms with van der Waals surface area (Å²) in [6, 6.07) is -0.978. The third-order valence-electron chi connectivity index (χ3n) is 4.94. The Morgan fingerprint density at radius 3 is 2.39 bits per heavy atom. The number of ether oxygens (including phenoxy) is 2. The molecule has 0 radical (unpaired) electrons. The Hall–Kier alpha value is -0.200. The molecule has 7 atom stereocenters. The lowest BCUT2D eigenvalue weighted by Crippen LogP contribution is -2.49. The van der Waals surface area contributed by atoms with E-state index in [0.717, 1.165) is 0 Å². The number of rotatable bonds is 17. The Kier molecular flexibility index (Phi) is 15.1. The molecule has 1 rings (SSSR count). The minimum Gasteiger partial charge on any atom is -0.394 e. The highest BCUT2D eigenvalue weighted by atomic mass is 32.5. The molecule has 0 aromatic heterocycles. The van der Waals surface area contributed by atoms with Gasteiger partial charge < -0.3 is 60.0 Å². The van der Waals surface area contributed by atoms with Crippen molar-refractivity contribution in [3.63, 3.8) is 0 Å². The van der Waals surface area contributed by atoms with Crippen LogP contribution in [0.15, 0.2) is 0 Å². The second kappa shape index (κ2) is 16.0. The minimum absolute atomic E-state index is 0.00940. The van der Waals surface area contributed by atoms with E-state index in [1.807, 2.05) is 0 Å². The molecule has 1 fully saturated rings. The van der Waals surface area contributed by atoms with Crippen molar-refractivity contribution >= 4 is 48.9 Å². The summed E-state index contributed by atoms with van der Waals surface area (Å²) in [7, 11) is 1.39. The van der Waals surface area contributed by atoms with E-state index in [1.54, 1.807) is 6.92 Å². The summed E-state index contributed by atoms with van der Waals surface area (Å²) in [6.45, 7) is -5.32. The van der Waals surface area contributed by atoms with Crippen LogP contribution >= 0.6 is 13.4 Å². The Bertz CT molecular complexity index is 809. The molecule has 0 saturated carbocycles. The summed E-state index contributed by atoms with van der Waals surface area (Å²) in [5.74, 6) is -1.02. The molecule has 0 bridgehead atoms. The van der Waals surface area contributed by atoms with Crippen molar-refractivity contribution in [3.8, 4) is 0 Å². The molecule has 9 N–H and O–H groups in total. The molecule has 0 aromatic carbocycles.